The van der Waals surface area contributed by atoms with Crippen LogP contribution in [0.1, 0.15) is 57.4 Å². The van der Waals surface area contributed by atoms with Crippen molar-refractivity contribution in [3.8, 4) is 11.3 Å². The number of aliphatic carboxylic acids is 1. The number of rotatable bonds is 10. The predicted molar refractivity (Wildman–Crippen MR) is 127 cm³/mol. The summed E-state index contributed by atoms with van der Waals surface area (Å²) in [4.78, 5) is 22.4. The summed E-state index contributed by atoms with van der Waals surface area (Å²) in [5, 5.41) is 13.7. The Morgan fingerprint density at radius 2 is 1.92 bits per heavy atom. The van der Waals surface area contributed by atoms with E-state index in [0.29, 0.717) is 31.3 Å². The number of hydrogen-bond acceptors (Lipinski definition) is 6. The molecule has 1 unspecified atom stereocenters. The highest BCUT2D eigenvalue weighted by Gasteiger charge is 2.38. The van der Waals surface area contributed by atoms with Crippen molar-refractivity contribution in [2.75, 3.05) is 23.9 Å². The summed E-state index contributed by atoms with van der Waals surface area (Å²) in [6, 6.07) is 4.25. The van der Waals surface area contributed by atoms with Crippen molar-refractivity contribution in [2.45, 2.75) is 76.7 Å². The number of carboxylic acid groups (broad SMARTS) is 1. The van der Waals surface area contributed by atoms with E-state index in [1.807, 2.05) is 19.1 Å². The second kappa shape index (κ2) is 14.5. The number of nitrogens with zero attached hydrogens (tertiary/aromatic N) is 3. The number of anilines is 2. The van der Waals surface area contributed by atoms with Crippen LogP contribution in [0.15, 0.2) is 24.5 Å². The lowest BCUT2D eigenvalue weighted by Crippen LogP contribution is -2.24. The summed E-state index contributed by atoms with van der Waals surface area (Å²) >= 11 is 0. The quantitative estimate of drug-likeness (QED) is 0.334. The first-order valence-corrected chi connectivity index (χ1v) is 12.0. The van der Waals surface area contributed by atoms with E-state index in [4.69, 9.17) is 9.90 Å². The number of carboxylic acids is 1. The highest BCUT2D eigenvalue weighted by Crippen LogP contribution is 2.29. The van der Waals surface area contributed by atoms with Crippen LogP contribution in [0.2, 0.25) is 0 Å². The second-order valence-corrected chi connectivity index (χ2v) is 8.47. The van der Waals surface area contributed by atoms with Crippen molar-refractivity contribution in [1.82, 2.24) is 15.0 Å². The molecular formula is C24H32F5N5O2. The largest absolute Gasteiger partial charge is 0.490 e. The third-order valence-corrected chi connectivity index (χ3v) is 5.60. The first kappa shape index (κ1) is 29.2. The normalized spacial score (nSPS) is 14.9. The van der Waals surface area contributed by atoms with Crippen molar-refractivity contribution in [2.24, 2.45) is 0 Å². The summed E-state index contributed by atoms with van der Waals surface area (Å²) < 4.78 is 57.9. The van der Waals surface area contributed by atoms with Crippen LogP contribution in [0.5, 0.6) is 0 Å². The van der Waals surface area contributed by atoms with E-state index in [0.717, 1.165) is 35.5 Å². The molecule has 0 spiro atoms. The Morgan fingerprint density at radius 1 is 1.22 bits per heavy atom. The van der Waals surface area contributed by atoms with Crippen LogP contribution in [0.25, 0.3) is 11.3 Å². The first-order chi connectivity index (χ1) is 17.1. The average molecular weight is 518 g/mol. The van der Waals surface area contributed by atoms with Crippen molar-refractivity contribution < 1.29 is 31.9 Å². The molecule has 7 nitrogen and oxygen atoms in total. The Kier molecular flexibility index (Phi) is 11.7. The minimum Gasteiger partial charge on any atom is -0.475 e. The molecule has 200 valence electrons. The van der Waals surface area contributed by atoms with Gasteiger partial charge < -0.3 is 15.7 Å². The number of aryl methyl sites for hydroxylation is 1. The van der Waals surface area contributed by atoms with Crippen LogP contribution < -0.4 is 10.6 Å². The number of aromatic nitrogens is 3. The van der Waals surface area contributed by atoms with E-state index in [9.17, 15) is 22.0 Å². The van der Waals surface area contributed by atoms with Gasteiger partial charge in [0.05, 0.1) is 17.9 Å². The topological polar surface area (TPSA) is 100 Å². The molecule has 2 aromatic rings. The molecule has 0 amide bonds. The summed E-state index contributed by atoms with van der Waals surface area (Å²) in [6.45, 7) is 1.67. The van der Waals surface area contributed by atoms with Gasteiger partial charge in [-0.3, -0.25) is 9.37 Å². The lowest BCUT2D eigenvalue weighted by molar-refractivity contribution is -0.192. The zero-order valence-corrected chi connectivity index (χ0v) is 20.1. The Morgan fingerprint density at radius 3 is 2.53 bits per heavy atom. The molecule has 0 radical (unpaired) electrons. The van der Waals surface area contributed by atoms with Gasteiger partial charge in [-0.05, 0) is 49.8 Å². The number of hydrogen-bond donors (Lipinski definition) is 3. The second-order valence-electron chi connectivity index (χ2n) is 8.47. The molecule has 2 heterocycles. The number of nitrogens with one attached hydrogen (secondary N) is 2. The number of carbonyl (C=O) groups is 1. The zero-order valence-electron chi connectivity index (χ0n) is 20.1. The van der Waals surface area contributed by atoms with Gasteiger partial charge in [0.25, 0.3) is 0 Å². The standard InChI is InChI=1S/C22H31F2N5.C2HF3O2/c1-2-17(24)14-26-22-27-15-19(20-13-16(7-6-11-23)10-12-25-20)21(29-22)28-18-8-4-3-5-9-18;3-2(4,5)1(6)7/h10,12-13,15,17-18H,2-9,11,14H2,1H3,(H2,26,27,28,29);(H,6,7). The molecule has 1 aliphatic rings. The third kappa shape index (κ3) is 9.90. The van der Waals surface area contributed by atoms with Crippen molar-refractivity contribution in [3.05, 3.63) is 30.1 Å². The molecule has 0 bridgehead atoms. The summed E-state index contributed by atoms with van der Waals surface area (Å²) in [7, 11) is 0. The van der Waals surface area contributed by atoms with Crippen LogP contribution in [0.3, 0.4) is 0 Å². The summed E-state index contributed by atoms with van der Waals surface area (Å²) in [5.41, 5.74) is 2.63. The van der Waals surface area contributed by atoms with E-state index in [1.54, 1.807) is 12.4 Å². The molecule has 1 aliphatic carbocycles. The molecule has 0 aliphatic heterocycles. The fraction of sp³-hybridized carbons (Fsp3) is 0.583. The van der Waals surface area contributed by atoms with Gasteiger partial charge in [0, 0.05) is 25.0 Å². The summed E-state index contributed by atoms with van der Waals surface area (Å²) in [6.07, 6.45) is 5.00. The van der Waals surface area contributed by atoms with Gasteiger partial charge in [0.15, 0.2) is 0 Å². The molecule has 0 aromatic carbocycles. The average Bonchev–Trinajstić information content (AvgIpc) is 2.86. The SMILES string of the molecule is CCC(F)CNc1ncc(-c2cc(CCCF)ccn2)c(NC2CCCCC2)n1.O=C(O)C(F)(F)F. The molecule has 1 fully saturated rings. The van der Waals surface area contributed by atoms with Gasteiger partial charge in [-0.2, -0.15) is 18.2 Å². The minimum absolute atomic E-state index is 0.190. The van der Waals surface area contributed by atoms with Crippen molar-refractivity contribution >= 4 is 17.7 Å². The Labute approximate surface area is 207 Å². The zero-order chi connectivity index (χ0) is 26.6. The van der Waals surface area contributed by atoms with Gasteiger partial charge >= 0.3 is 12.1 Å². The van der Waals surface area contributed by atoms with E-state index in [2.05, 4.69) is 25.6 Å². The number of alkyl halides is 5. The molecule has 1 atom stereocenters. The van der Waals surface area contributed by atoms with Gasteiger partial charge in [0.1, 0.15) is 12.0 Å². The molecule has 0 saturated heterocycles. The number of pyridine rings is 1. The lowest BCUT2D eigenvalue weighted by Gasteiger charge is -2.24. The molecule has 12 heteroatoms. The highest BCUT2D eigenvalue weighted by molar-refractivity contribution is 5.73. The lowest BCUT2D eigenvalue weighted by atomic mass is 9.95. The van der Waals surface area contributed by atoms with Crippen LogP contribution in [-0.4, -0.2) is 57.6 Å². The number of halogens is 5. The first-order valence-electron chi connectivity index (χ1n) is 12.0. The smallest absolute Gasteiger partial charge is 0.475 e. The molecular weight excluding hydrogens is 485 g/mol. The van der Waals surface area contributed by atoms with Gasteiger partial charge in [-0.1, -0.05) is 26.2 Å². The molecule has 3 N–H and O–H groups in total. The molecule has 1 saturated carbocycles. The van der Waals surface area contributed by atoms with Crippen LogP contribution in [-0.2, 0) is 11.2 Å². The van der Waals surface area contributed by atoms with Crippen molar-refractivity contribution in [3.63, 3.8) is 0 Å². The maximum atomic E-state index is 13.6. The van der Waals surface area contributed by atoms with Gasteiger partial charge in [-0.25, -0.2) is 14.2 Å². The molecule has 36 heavy (non-hydrogen) atoms. The third-order valence-electron chi connectivity index (χ3n) is 5.60. The van der Waals surface area contributed by atoms with Crippen LogP contribution in [0.4, 0.5) is 33.7 Å². The minimum atomic E-state index is -5.08. The Bertz CT molecular complexity index is 955. The predicted octanol–water partition coefficient (Wildman–Crippen LogP) is 5.98. The van der Waals surface area contributed by atoms with Crippen LogP contribution >= 0.6 is 0 Å². The summed E-state index contributed by atoms with van der Waals surface area (Å²) in [5.74, 6) is -1.62. The Balaban J connectivity index is 0.000000572. The Hall–Kier alpha value is -3.05. The highest BCUT2D eigenvalue weighted by atomic mass is 19.4. The van der Waals surface area contributed by atoms with E-state index >= 15 is 0 Å². The van der Waals surface area contributed by atoms with Crippen molar-refractivity contribution in [1.29, 1.82) is 0 Å². The molecule has 3 rings (SSSR count). The fourth-order valence-corrected chi connectivity index (χ4v) is 3.60. The van der Waals surface area contributed by atoms with Crippen LogP contribution in [0, 0.1) is 0 Å². The van der Waals surface area contributed by atoms with E-state index in [-0.39, 0.29) is 13.2 Å². The monoisotopic (exact) mass is 517 g/mol. The maximum Gasteiger partial charge on any atom is 0.490 e. The van der Waals surface area contributed by atoms with Gasteiger partial charge in [0.2, 0.25) is 5.95 Å². The fourth-order valence-electron chi connectivity index (χ4n) is 3.60. The van der Waals surface area contributed by atoms with E-state index in [1.165, 1.54) is 19.3 Å². The van der Waals surface area contributed by atoms with Gasteiger partial charge in [-0.15, -0.1) is 0 Å². The maximum absolute atomic E-state index is 13.6. The molecule has 2 aromatic heterocycles. The van der Waals surface area contributed by atoms with E-state index < -0.39 is 18.3 Å².